The third-order valence-corrected chi connectivity index (χ3v) is 2.64. The number of hydrogen-bond acceptors (Lipinski definition) is 5. The Morgan fingerprint density at radius 1 is 1.53 bits per heavy atom. The van der Waals surface area contributed by atoms with Crippen molar-refractivity contribution in [3.63, 3.8) is 0 Å². The van der Waals surface area contributed by atoms with Crippen LogP contribution in [0.15, 0.2) is 24.5 Å². The predicted octanol–water partition coefficient (Wildman–Crippen LogP) is 1.65. The fourth-order valence-electron chi connectivity index (χ4n) is 1.27. The van der Waals surface area contributed by atoms with Gasteiger partial charge in [-0.1, -0.05) is 0 Å². The average Bonchev–Trinajstić information content (AvgIpc) is 2.77. The first kappa shape index (κ1) is 11.5. The van der Waals surface area contributed by atoms with Gasteiger partial charge < -0.3 is 0 Å². The molecule has 17 heavy (non-hydrogen) atoms. The van der Waals surface area contributed by atoms with Crippen molar-refractivity contribution in [3.05, 3.63) is 44.0 Å². The Morgan fingerprint density at radius 2 is 2.29 bits per heavy atom. The summed E-state index contributed by atoms with van der Waals surface area (Å²) in [5.41, 5.74) is 0.204. The zero-order chi connectivity index (χ0) is 12.4. The van der Waals surface area contributed by atoms with Gasteiger partial charge in [0.25, 0.3) is 11.5 Å². The summed E-state index contributed by atoms with van der Waals surface area (Å²) < 4.78 is 1.96. The predicted molar refractivity (Wildman–Crippen MR) is 65.4 cm³/mol. The lowest BCUT2D eigenvalue weighted by molar-refractivity contribution is -0.384. The molecule has 8 heteroatoms. The zero-order valence-electron chi connectivity index (χ0n) is 8.24. The number of hydrogen-bond donors (Lipinski definition) is 0. The molecule has 7 nitrogen and oxygen atoms in total. The summed E-state index contributed by atoms with van der Waals surface area (Å²) in [5.74, 6) is -0.0298. The second-order valence-electron chi connectivity index (χ2n) is 3.01. The van der Waals surface area contributed by atoms with Crippen LogP contribution in [0, 0.1) is 25.0 Å². The lowest BCUT2D eigenvalue weighted by Gasteiger charge is -2.01. The molecule has 1 aromatic heterocycles. The van der Waals surface area contributed by atoms with Crippen molar-refractivity contribution in [1.82, 2.24) is 14.8 Å². The van der Waals surface area contributed by atoms with Crippen LogP contribution in [0.25, 0.3) is 5.69 Å². The first-order valence-electron chi connectivity index (χ1n) is 4.38. The van der Waals surface area contributed by atoms with Gasteiger partial charge in [-0.3, -0.25) is 10.1 Å². The molecule has 0 atom stereocenters. The fourth-order valence-corrected chi connectivity index (χ4v) is 1.74. The van der Waals surface area contributed by atoms with Crippen LogP contribution >= 0.6 is 22.6 Å². The normalized spacial score (nSPS) is 9.88. The van der Waals surface area contributed by atoms with E-state index in [1.54, 1.807) is 18.2 Å². The molecular weight excluding hydrogens is 337 g/mol. The highest BCUT2D eigenvalue weighted by atomic mass is 127. The Labute approximate surface area is 109 Å². The monoisotopic (exact) mass is 341 g/mol. The maximum atomic E-state index is 10.9. The van der Waals surface area contributed by atoms with Crippen LogP contribution in [0.3, 0.4) is 0 Å². The second-order valence-corrected chi connectivity index (χ2v) is 4.26. The Balaban J connectivity index is 2.59. The standard InChI is InChI=1S/C9H4IN5O2/c10-6-1-2-7(8(3-6)15(16)17)14-5-12-9(4-11)13-14/h1-3,5H. The van der Waals surface area contributed by atoms with E-state index in [9.17, 15) is 10.1 Å². The number of nitrogens with zero attached hydrogens (tertiary/aromatic N) is 5. The average molecular weight is 341 g/mol. The van der Waals surface area contributed by atoms with E-state index in [1.807, 2.05) is 22.6 Å². The van der Waals surface area contributed by atoms with Crippen molar-refractivity contribution in [2.24, 2.45) is 0 Å². The number of nitro groups is 1. The highest BCUT2D eigenvalue weighted by Gasteiger charge is 2.17. The summed E-state index contributed by atoms with van der Waals surface area (Å²) in [4.78, 5) is 14.1. The van der Waals surface area contributed by atoms with Gasteiger partial charge in [-0.05, 0) is 34.7 Å². The van der Waals surface area contributed by atoms with E-state index in [2.05, 4.69) is 10.1 Å². The van der Waals surface area contributed by atoms with Crippen molar-refractivity contribution in [3.8, 4) is 11.8 Å². The lowest BCUT2D eigenvalue weighted by Crippen LogP contribution is -2.01. The van der Waals surface area contributed by atoms with Gasteiger partial charge in [0, 0.05) is 9.64 Å². The zero-order valence-corrected chi connectivity index (χ0v) is 10.4. The van der Waals surface area contributed by atoms with Gasteiger partial charge >= 0.3 is 0 Å². The topological polar surface area (TPSA) is 97.6 Å². The van der Waals surface area contributed by atoms with E-state index in [0.717, 1.165) is 3.57 Å². The minimum Gasteiger partial charge on any atom is -0.258 e. The van der Waals surface area contributed by atoms with Gasteiger partial charge in [-0.2, -0.15) is 5.26 Å². The van der Waals surface area contributed by atoms with Crippen molar-refractivity contribution in [2.75, 3.05) is 0 Å². The molecule has 0 aliphatic rings. The summed E-state index contributed by atoms with van der Waals surface area (Å²) in [7, 11) is 0. The van der Waals surface area contributed by atoms with Gasteiger partial charge in [0.15, 0.2) is 0 Å². The molecule has 0 spiro atoms. The van der Waals surface area contributed by atoms with Gasteiger partial charge in [0.05, 0.1) is 4.92 Å². The molecule has 2 aromatic rings. The van der Waals surface area contributed by atoms with Crippen LogP contribution < -0.4 is 0 Å². The molecule has 0 amide bonds. The smallest absolute Gasteiger partial charge is 0.258 e. The summed E-state index contributed by atoms with van der Waals surface area (Å²) in [6, 6.07) is 6.48. The van der Waals surface area contributed by atoms with Gasteiger partial charge in [0.2, 0.25) is 0 Å². The minimum atomic E-state index is -0.495. The molecule has 0 N–H and O–H groups in total. The molecule has 0 radical (unpaired) electrons. The first-order valence-corrected chi connectivity index (χ1v) is 5.46. The minimum absolute atomic E-state index is 0.0298. The highest BCUT2D eigenvalue weighted by Crippen LogP contribution is 2.24. The molecule has 0 fully saturated rings. The van der Waals surface area contributed by atoms with E-state index in [4.69, 9.17) is 5.26 Å². The number of aromatic nitrogens is 3. The summed E-state index contributed by atoms with van der Waals surface area (Å²) in [5, 5.41) is 23.3. The van der Waals surface area contributed by atoms with E-state index >= 15 is 0 Å². The van der Waals surface area contributed by atoms with Crippen LogP contribution in [0.2, 0.25) is 0 Å². The van der Waals surface area contributed by atoms with Crippen LogP contribution in [0.4, 0.5) is 5.69 Å². The van der Waals surface area contributed by atoms with Crippen molar-refractivity contribution < 1.29 is 4.92 Å². The quantitative estimate of drug-likeness (QED) is 0.470. The van der Waals surface area contributed by atoms with Crippen LogP contribution in [0.1, 0.15) is 5.82 Å². The summed E-state index contributed by atoms with van der Waals surface area (Å²) in [6.07, 6.45) is 1.27. The Bertz CT molecular complexity index is 631. The molecule has 84 valence electrons. The largest absolute Gasteiger partial charge is 0.295 e. The van der Waals surface area contributed by atoms with Gasteiger partial charge in [-0.15, -0.1) is 5.10 Å². The maximum Gasteiger partial charge on any atom is 0.295 e. The SMILES string of the molecule is N#Cc1ncn(-c2ccc(I)cc2[N+](=O)[O-])n1. The van der Waals surface area contributed by atoms with E-state index in [0.29, 0.717) is 0 Å². The molecule has 0 aliphatic heterocycles. The molecular formula is C9H4IN5O2. The summed E-state index contributed by atoms with van der Waals surface area (Å²) in [6.45, 7) is 0. The van der Waals surface area contributed by atoms with Gasteiger partial charge in [0.1, 0.15) is 18.1 Å². The summed E-state index contributed by atoms with van der Waals surface area (Å²) >= 11 is 1.99. The molecule has 1 heterocycles. The van der Waals surface area contributed by atoms with Crippen LogP contribution in [0.5, 0.6) is 0 Å². The van der Waals surface area contributed by atoms with Crippen LogP contribution in [-0.4, -0.2) is 19.7 Å². The molecule has 2 rings (SSSR count). The Kier molecular flexibility index (Phi) is 3.01. The number of nitro benzene ring substituents is 1. The molecule has 1 aromatic carbocycles. The van der Waals surface area contributed by atoms with E-state index in [1.165, 1.54) is 17.1 Å². The number of nitriles is 1. The fraction of sp³-hybridized carbons (Fsp3) is 0. The van der Waals surface area contributed by atoms with E-state index in [-0.39, 0.29) is 17.2 Å². The number of halogens is 1. The highest BCUT2D eigenvalue weighted by molar-refractivity contribution is 14.1. The number of benzene rings is 1. The van der Waals surface area contributed by atoms with Crippen LogP contribution in [-0.2, 0) is 0 Å². The molecule has 0 unspecified atom stereocenters. The Hall–Kier alpha value is -2.02. The second kappa shape index (κ2) is 4.46. The molecule has 0 aliphatic carbocycles. The van der Waals surface area contributed by atoms with Crippen molar-refractivity contribution >= 4 is 28.3 Å². The third kappa shape index (κ3) is 2.23. The lowest BCUT2D eigenvalue weighted by atomic mass is 10.3. The first-order chi connectivity index (χ1) is 8.11. The molecule has 0 saturated carbocycles. The Morgan fingerprint density at radius 3 is 2.88 bits per heavy atom. The van der Waals surface area contributed by atoms with E-state index < -0.39 is 4.92 Å². The third-order valence-electron chi connectivity index (χ3n) is 1.97. The molecule has 0 saturated heterocycles. The maximum absolute atomic E-state index is 10.9. The molecule has 0 bridgehead atoms. The van der Waals surface area contributed by atoms with Crippen molar-refractivity contribution in [1.29, 1.82) is 5.26 Å². The van der Waals surface area contributed by atoms with Gasteiger partial charge in [-0.25, -0.2) is 9.67 Å². The van der Waals surface area contributed by atoms with Crippen molar-refractivity contribution in [2.45, 2.75) is 0 Å². The number of rotatable bonds is 2.